The van der Waals surface area contributed by atoms with Gasteiger partial charge in [0.05, 0.1) is 0 Å². The van der Waals surface area contributed by atoms with Crippen LogP contribution in [-0.4, -0.2) is 25.0 Å². The molecule has 2 aliphatic carbocycles. The molecule has 15 rings (SSSR count). The molecule has 2 aliphatic heterocycles. The molecule has 0 unspecified atom stereocenters. The number of para-hydroxylation sites is 2. The SMILES string of the molecule is CC1(C)c2ccccc2-c2cc(-c3cc4c(c5c3oc3ccccc35)-c3ccc5c(c3S4(C)C)S(C)(C)c3cc(-c4ccc6c(c4)-c4ccccc4C6(C)C)c4oc6ccccc6c4c3-5)ccc21. The molecule has 4 heteroatoms. The van der Waals surface area contributed by atoms with Gasteiger partial charge in [-0.25, -0.2) is 0 Å². The maximum atomic E-state index is 7.06. The fourth-order valence-corrected chi connectivity index (χ4v) is 20.0. The predicted molar refractivity (Wildman–Crippen MR) is 290 cm³/mol. The van der Waals surface area contributed by atoms with Crippen LogP contribution in [-0.2, 0) is 10.8 Å². The van der Waals surface area contributed by atoms with Gasteiger partial charge < -0.3 is 8.83 Å². The van der Waals surface area contributed by atoms with Crippen molar-refractivity contribution in [1.82, 2.24) is 0 Å². The summed E-state index contributed by atoms with van der Waals surface area (Å²) in [7, 11) is -3.12. The van der Waals surface area contributed by atoms with Gasteiger partial charge in [-0.3, -0.25) is 0 Å². The fraction of sp³-hybridized carbons (Fsp3) is 0.156. The highest BCUT2D eigenvalue weighted by atomic mass is 32.3. The van der Waals surface area contributed by atoms with Gasteiger partial charge in [0.15, 0.2) is 0 Å². The number of hydrogen-bond donors (Lipinski definition) is 0. The van der Waals surface area contributed by atoms with E-state index in [0.29, 0.717) is 0 Å². The maximum absolute atomic E-state index is 7.06. The molecule has 4 heterocycles. The van der Waals surface area contributed by atoms with E-state index in [9.17, 15) is 0 Å². The number of hydrogen-bond acceptors (Lipinski definition) is 2. The molecule has 0 fully saturated rings. The minimum absolute atomic E-state index is 0.0580. The highest BCUT2D eigenvalue weighted by Gasteiger charge is 2.46. The van der Waals surface area contributed by atoms with E-state index in [1.165, 1.54) is 130 Å². The number of benzene rings is 9. The summed E-state index contributed by atoms with van der Waals surface area (Å²) in [5.74, 6) is 0. The molecule has 2 nitrogen and oxygen atoms in total. The average Bonchev–Trinajstić information content (AvgIpc) is 4.13. The van der Waals surface area contributed by atoms with Crippen LogP contribution in [0.5, 0.6) is 0 Å². The summed E-state index contributed by atoms with van der Waals surface area (Å²) in [5.41, 5.74) is 24.8. The van der Waals surface area contributed by atoms with Crippen molar-refractivity contribution in [2.24, 2.45) is 0 Å². The van der Waals surface area contributed by atoms with Gasteiger partial charge in [-0.1, -0.05) is 149 Å². The Morgan fingerprint density at radius 1 is 0.353 bits per heavy atom. The lowest BCUT2D eigenvalue weighted by Crippen LogP contribution is -2.14. The van der Waals surface area contributed by atoms with Crippen molar-refractivity contribution in [3.05, 3.63) is 180 Å². The molecule has 4 aliphatic rings. The smallest absolute Gasteiger partial charge is 0.143 e. The summed E-state index contributed by atoms with van der Waals surface area (Å²) < 4.78 is 14.1. The van der Waals surface area contributed by atoms with Crippen LogP contribution in [0.1, 0.15) is 49.9 Å². The van der Waals surface area contributed by atoms with E-state index in [0.717, 1.165) is 22.3 Å². The standard InChI is InChI=1S/C64H50O2S2/c1-63(2)47-21-13-9-17-37(47)45-31-35(25-29-49(45)63)43-33-53-55(57-39-19-11-15-23-51(39)65-59(43)57)41-27-28-42-56-54(68(7,8)62(42)61(41)67(53,5)6)34-44(60-58(56)40-20-12-16-24-52(40)66-60)36-26-30-50-46(32-36)38-18-10-14-22-48(38)64(50,3)4/h9-34H,1-8H3. The van der Waals surface area contributed by atoms with E-state index < -0.39 is 20.1 Å². The molecular weight excluding hydrogens is 865 g/mol. The zero-order valence-corrected chi connectivity index (χ0v) is 41.3. The molecule has 2 aromatic heterocycles. The van der Waals surface area contributed by atoms with Crippen LogP contribution in [0.15, 0.2) is 186 Å². The summed E-state index contributed by atoms with van der Waals surface area (Å²) in [5, 5.41) is 4.85. The van der Waals surface area contributed by atoms with Crippen molar-refractivity contribution in [2.75, 3.05) is 25.0 Å². The van der Waals surface area contributed by atoms with E-state index in [2.05, 4.69) is 210 Å². The molecule has 0 saturated carbocycles. The third-order valence-corrected chi connectivity index (χ3v) is 22.6. The molecule has 0 N–H and O–H groups in total. The molecule has 0 spiro atoms. The van der Waals surface area contributed by atoms with Crippen LogP contribution >= 0.6 is 20.1 Å². The maximum Gasteiger partial charge on any atom is 0.143 e. The fourth-order valence-electron chi connectivity index (χ4n) is 13.5. The van der Waals surface area contributed by atoms with Crippen LogP contribution in [0, 0.1) is 0 Å². The van der Waals surface area contributed by atoms with Gasteiger partial charge in [-0.05, 0) is 128 Å². The molecular formula is C64H50O2S2. The van der Waals surface area contributed by atoms with E-state index in [1.54, 1.807) is 0 Å². The monoisotopic (exact) mass is 914 g/mol. The first-order valence-corrected chi connectivity index (χ1v) is 28.8. The third kappa shape index (κ3) is 4.64. The number of rotatable bonds is 2. The van der Waals surface area contributed by atoms with Crippen molar-refractivity contribution < 1.29 is 8.83 Å². The quantitative estimate of drug-likeness (QED) is 0.173. The minimum Gasteiger partial charge on any atom is -0.455 e. The Morgan fingerprint density at radius 3 is 1.18 bits per heavy atom. The Hall–Kier alpha value is -6.72. The molecule has 11 aromatic rings. The molecule has 0 bridgehead atoms. The lowest BCUT2D eigenvalue weighted by atomic mass is 9.82. The Bertz CT molecular complexity index is 3880. The van der Waals surface area contributed by atoms with Crippen molar-refractivity contribution >= 4 is 63.9 Å². The largest absolute Gasteiger partial charge is 0.455 e. The third-order valence-electron chi connectivity index (χ3n) is 16.8. The van der Waals surface area contributed by atoms with Gasteiger partial charge in [-0.2, -0.15) is 20.1 Å². The van der Waals surface area contributed by atoms with E-state index in [-0.39, 0.29) is 10.8 Å². The van der Waals surface area contributed by atoms with Gasteiger partial charge in [0.25, 0.3) is 0 Å². The first kappa shape index (κ1) is 39.3. The molecule has 9 aromatic carbocycles. The summed E-state index contributed by atoms with van der Waals surface area (Å²) in [6, 6.07) is 59.7. The second kappa shape index (κ2) is 12.7. The van der Waals surface area contributed by atoms with Crippen LogP contribution in [0.3, 0.4) is 0 Å². The summed E-state index contributed by atoms with van der Waals surface area (Å²) in [4.78, 5) is 5.97. The second-order valence-corrected chi connectivity index (χ2v) is 28.5. The second-order valence-electron chi connectivity index (χ2n) is 21.5. The van der Waals surface area contributed by atoms with Gasteiger partial charge in [0.2, 0.25) is 0 Å². The number of furan rings is 2. The van der Waals surface area contributed by atoms with Crippen LogP contribution < -0.4 is 0 Å². The Morgan fingerprint density at radius 2 is 0.735 bits per heavy atom. The Labute approximate surface area is 400 Å². The van der Waals surface area contributed by atoms with Gasteiger partial charge >= 0.3 is 0 Å². The topological polar surface area (TPSA) is 26.3 Å². The minimum atomic E-state index is -1.56. The lowest BCUT2D eigenvalue weighted by molar-refractivity contribution is 0.660. The van der Waals surface area contributed by atoms with Crippen LogP contribution in [0.4, 0.5) is 0 Å². The van der Waals surface area contributed by atoms with Crippen molar-refractivity contribution in [2.45, 2.75) is 58.1 Å². The van der Waals surface area contributed by atoms with Crippen LogP contribution in [0.25, 0.3) is 111 Å². The van der Waals surface area contributed by atoms with E-state index >= 15 is 0 Å². The summed E-state index contributed by atoms with van der Waals surface area (Å²) in [6.07, 6.45) is 10.3. The predicted octanol–water partition coefficient (Wildman–Crippen LogP) is 18.4. The molecule has 0 atom stereocenters. The highest BCUT2D eigenvalue weighted by Crippen LogP contribution is 2.79. The Kier molecular flexibility index (Phi) is 7.32. The van der Waals surface area contributed by atoms with Gasteiger partial charge in [0, 0.05) is 74.2 Å². The van der Waals surface area contributed by atoms with E-state index in [4.69, 9.17) is 8.83 Å². The first-order chi connectivity index (χ1) is 32.8. The van der Waals surface area contributed by atoms with E-state index in [1.807, 2.05) is 0 Å². The normalized spacial score (nSPS) is 17.6. The van der Waals surface area contributed by atoms with Crippen molar-refractivity contribution in [3.8, 4) is 66.8 Å². The first-order valence-electron chi connectivity index (χ1n) is 23.9. The van der Waals surface area contributed by atoms with Crippen molar-refractivity contribution in [1.29, 1.82) is 0 Å². The molecule has 330 valence electrons. The molecule has 68 heavy (non-hydrogen) atoms. The molecule has 0 saturated heterocycles. The van der Waals surface area contributed by atoms with Gasteiger partial charge in [0.1, 0.15) is 22.3 Å². The number of fused-ring (bicyclic) bond motifs is 21. The summed E-state index contributed by atoms with van der Waals surface area (Å²) in [6.45, 7) is 9.45. The Balaban J connectivity index is 0.976. The van der Waals surface area contributed by atoms with Gasteiger partial charge in [-0.15, -0.1) is 0 Å². The lowest BCUT2D eigenvalue weighted by Gasteiger charge is -2.37. The molecule has 0 amide bonds. The summed E-state index contributed by atoms with van der Waals surface area (Å²) >= 11 is 0. The molecule has 0 radical (unpaired) electrons. The zero-order chi connectivity index (χ0) is 46.0. The highest BCUT2D eigenvalue weighted by molar-refractivity contribution is 8.35. The van der Waals surface area contributed by atoms with Crippen molar-refractivity contribution in [3.63, 3.8) is 0 Å². The van der Waals surface area contributed by atoms with Crippen LogP contribution in [0.2, 0.25) is 0 Å². The average molecular weight is 915 g/mol. The zero-order valence-electron chi connectivity index (χ0n) is 39.6.